The summed E-state index contributed by atoms with van der Waals surface area (Å²) in [7, 11) is 1.69. The van der Waals surface area contributed by atoms with Gasteiger partial charge in [0, 0.05) is 29.4 Å². The third kappa shape index (κ3) is 7.64. The first kappa shape index (κ1) is 26.4. The Morgan fingerprint density at radius 3 is 2.86 bits per heavy atom. The van der Waals surface area contributed by atoms with Crippen LogP contribution in [0.4, 0.5) is 0 Å². The van der Waals surface area contributed by atoms with E-state index in [-0.39, 0.29) is 6.42 Å². The number of thioether (sulfide) groups is 1. The number of carbonyl (C=O) groups is 1. The van der Waals surface area contributed by atoms with Crippen molar-refractivity contribution in [3.63, 3.8) is 0 Å². The Bertz CT molecular complexity index is 1110. The monoisotopic (exact) mass is 508 g/mol. The molecule has 0 bridgehead atoms. The minimum absolute atomic E-state index is 0.259. The van der Waals surface area contributed by atoms with Gasteiger partial charge in [0.15, 0.2) is 0 Å². The summed E-state index contributed by atoms with van der Waals surface area (Å²) < 4.78 is 5.42. The molecule has 192 valence electrons. The van der Waals surface area contributed by atoms with E-state index >= 15 is 0 Å². The number of hydrogen-bond acceptors (Lipinski definition) is 7. The number of likely N-dealkylation sites (tertiary alicyclic amines) is 1. The van der Waals surface area contributed by atoms with Crippen LogP contribution in [0, 0.1) is 11.8 Å². The number of carboxylic acid groups (broad SMARTS) is 1. The van der Waals surface area contributed by atoms with E-state index in [0.717, 1.165) is 85.5 Å². The largest absolute Gasteiger partial charge is 0.497 e. The van der Waals surface area contributed by atoms with Gasteiger partial charge >= 0.3 is 5.97 Å². The lowest BCUT2D eigenvalue weighted by atomic mass is 9.79. The number of hydrogen-bond donors (Lipinski definition) is 1. The zero-order valence-electron chi connectivity index (χ0n) is 21.0. The lowest BCUT2D eigenvalue weighted by Gasteiger charge is -2.39. The number of rotatable bonds is 13. The minimum atomic E-state index is -0.689. The van der Waals surface area contributed by atoms with Crippen molar-refractivity contribution in [2.75, 3.05) is 32.5 Å². The molecule has 3 aromatic rings. The lowest BCUT2D eigenvalue weighted by Crippen LogP contribution is -2.41. The molecule has 1 N–H and O–H groups in total. The number of pyridine rings is 1. The van der Waals surface area contributed by atoms with Gasteiger partial charge in [0.05, 0.1) is 25.0 Å². The van der Waals surface area contributed by atoms with Gasteiger partial charge in [-0.25, -0.2) is 0 Å². The van der Waals surface area contributed by atoms with Crippen LogP contribution in [-0.2, 0) is 11.2 Å². The Labute approximate surface area is 217 Å². The van der Waals surface area contributed by atoms with E-state index in [2.05, 4.69) is 32.2 Å². The first-order valence-electron chi connectivity index (χ1n) is 12.9. The van der Waals surface area contributed by atoms with Gasteiger partial charge in [0.1, 0.15) is 5.75 Å². The number of ether oxygens (including phenoxy) is 1. The molecule has 1 aliphatic rings. The number of fused-ring (bicyclic) bond motifs is 1. The van der Waals surface area contributed by atoms with Crippen LogP contribution in [-0.4, -0.2) is 63.7 Å². The topological polar surface area (TPSA) is 88.4 Å². The van der Waals surface area contributed by atoms with Crippen molar-refractivity contribution in [1.29, 1.82) is 0 Å². The predicted molar refractivity (Wildman–Crippen MR) is 144 cm³/mol. The minimum Gasteiger partial charge on any atom is -0.497 e. The molecule has 36 heavy (non-hydrogen) atoms. The summed E-state index contributed by atoms with van der Waals surface area (Å²) in [6.07, 6.45) is 12.0. The molecule has 4 rings (SSSR count). The van der Waals surface area contributed by atoms with Crippen molar-refractivity contribution in [2.45, 2.75) is 49.8 Å². The van der Waals surface area contributed by atoms with Crippen LogP contribution in [0.5, 0.6) is 5.75 Å². The maximum Gasteiger partial charge on any atom is 0.303 e. The molecule has 0 amide bonds. The summed E-state index contributed by atoms with van der Waals surface area (Å²) in [6.45, 7) is 3.17. The maximum absolute atomic E-state index is 11.3. The molecular weight excluding hydrogens is 472 g/mol. The molecule has 8 heteroatoms. The molecule has 0 spiro atoms. The van der Waals surface area contributed by atoms with Gasteiger partial charge in [0.25, 0.3) is 0 Å². The van der Waals surface area contributed by atoms with Crippen molar-refractivity contribution >= 4 is 28.6 Å². The molecule has 0 unspecified atom stereocenters. The van der Waals surface area contributed by atoms with Crippen LogP contribution in [0.2, 0.25) is 0 Å². The van der Waals surface area contributed by atoms with Gasteiger partial charge in [-0.3, -0.25) is 9.78 Å². The first-order chi connectivity index (χ1) is 17.6. The zero-order valence-corrected chi connectivity index (χ0v) is 21.8. The zero-order chi connectivity index (χ0) is 25.2. The third-order valence-electron chi connectivity index (χ3n) is 7.21. The highest BCUT2D eigenvalue weighted by Gasteiger charge is 2.29. The predicted octanol–water partition coefficient (Wildman–Crippen LogP) is 5.34. The highest BCUT2D eigenvalue weighted by Crippen LogP contribution is 2.32. The molecule has 3 heterocycles. The van der Waals surface area contributed by atoms with Crippen molar-refractivity contribution < 1.29 is 14.6 Å². The summed E-state index contributed by atoms with van der Waals surface area (Å²) in [5, 5.41) is 18.2. The second kappa shape index (κ2) is 13.6. The average Bonchev–Trinajstić information content (AvgIpc) is 2.91. The summed E-state index contributed by atoms with van der Waals surface area (Å²) in [4.78, 5) is 19.5. The molecule has 1 saturated heterocycles. The third-order valence-corrected chi connectivity index (χ3v) is 8.28. The summed E-state index contributed by atoms with van der Waals surface area (Å²) in [5.74, 6) is 2.25. The van der Waals surface area contributed by atoms with Crippen LogP contribution in [0.3, 0.4) is 0 Å². The Kier molecular flexibility index (Phi) is 9.93. The highest BCUT2D eigenvalue weighted by molar-refractivity contribution is 7.99. The van der Waals surface area contributed by atoms with Crippen molar-refractivity contribution in [1.82, 2.24) is 20.1 Å². The van der Waals surface area contributed by atoms with Crippen LogP contribution < -0.4 is 4.74 Å². The van der Waals surface area contributed by atoms with E-state index in [1.807, 2.05) is 42.4 Å². The fourth-order valence-corrected chi connectivity index (χ4v) is 6.09. The fourth-order valence-electron chi connectivity index (χ4n) is 5.30. The van der Waals surface area contributed by atoms with Gasteiger partial charge in [-0.1, -0.05) is 0 Å². The lowest BCUT2D eigenvalue weighted by molar-refractivity contribution is -0.137. The fraction of sp³-hybridized carbons (Fsp3) is 0.500. The Balaban J connectivity index is 1.28. The number of nitrogens with zero attached hydrogens (tertiary/aromatic N) is 4. The molecule has 2 atom stereocenters. The van der Waals surface area contributed by atoms with Gasteiger partial charge < -0.3 is 14.7 Å². The molecule has 2 aromatic heterocycles. The quantitative estimate of drug-likeness (QED) is 0.244. The number of aromatic nitrogens is 3. The second-order valence-corrected chi connectivity index (χ2v) is 10.7. The molecule has 1 aromatic carbocycles. The normalized spacial score (nSPS) is 18.4. The van der Waals surface area contributed by atoms with Gasteiger partial charge in [-0.05, 0) is 105 Å². The maximum atomic E-state index is 11.3. The van der Waals surface area contributed by atoms with Crippen LogP contribution in [0.25, 0.3) is 10.9 Å². The van der Waals surface area contributed by atoms with Crippen LogP contribution >= 0.6 is 11.8 Å². The van der Waals surface area contributed by atoms with E-state index in [9.17, 15) is 9.90 Å². The van der Waals surface area contributed by atoms with E-state index in [1.165, 1.54) is 5.56 Å². The van der Waals surface area contributed by atoms with Gasteiger partial charge in [-0.2, -0.15) is 10.2 Å². The summed E-state index contributed by atoms with van der Waals surface area (Å²) >= 11 is 1.82. The average molecular weight is 509 g/mol. The Morgan fingerprint density at radius 1 is 1.14 bits per heavy atom. The van der Waals surface area contributed by atoms with Crippen molar-refractivity contribution in [3.05, 3.63) is 54.5 Å². The van der Waals surface area contributed by atoms with E-state index in [0.29, 0.717) is 11.8 Å². The molecule has 7 nitrogen and oxygen atoms in total. The molecule has 1 aliphatic heterocycles. The SMILES string of the molecule is COc1ccc2nccc(CCC[C@@H]3CCN(CCCSc4ccnnc4)C[C@@H]3CCC(=O)O)c2c1. The van der Waals surface area contributed by atoms with Crippen molar-refractivity contribution in [3.8, 4) is 5.75 Å². The number of benzene rings is 1. The van der Waals surface area contributed by atoms with E-state index in [1.54, 1.807) is 13.3 Å². The number of aryl methyl sites for hydroxylation is 1. The van der Waals surface area contributed by atoms with Gasteiger partial charge in [-0.15, -0.1) is 11.8 Å². The van der Waals surface area contributed by atoms with Crippen LogP contribution in [0.15, 0.2) is 53.8 Å². The van der Waals surface area contributed by atoms with E-state index < -0.39 is 5.97 Å². The number of piperidine rings is 1. The number of carboxylic acids is 1. The molecular formula is C28H36N4O3S. The Hall–Kier alpha value is -2.71. The number of aliphatic carboxylic acids is 1. The Morgan fingerprint density at radius 2 is 2.06 bits per heavy atom. The van der Waals surface area contributed by atoms with Crippen molar-refractivity contribution in [2.24, 2.45) is 11.8 Å². The summed E-state index contributed by atoms with van der Waals surface area (Å²) in [5.41, 5.74) is 2.31. The van der Waals surface area contributed by atoms with Gasteiger partial charge in [0.2, 0.25) is 0 Å². The second-order valence-electron chi connectivity index (χ2n) is 9.57. The van der Waals surface area contributed by atoms with Crippen LogP contribution in [0.1, 0.15) is 44.1 Å². The summed E-state index contributed by atoms with van der Waals surface area (Å²) in [6, 6.07) is 10.2. The van der Waals surface area contributed by atoms with E-state index in [4.69, 9.17) is 4.74 Å². The number of methoxy groups -OCH3 is 1. The molecule has 0 radical (unpaired) electrons. The molecule has 0 aliphatic carbocycles. The standard InChI is InChI=1S/C28H36N4O3S/c1-35-24-7-8-27-26(18-24)22(10-13-29-27)5-2-4-21-12-16-32(20-23(21)6-9-28(33)34)15-3-17-36-25-11-14-30-31-19-25/h7-8,10-11,13-14,18-19,21,23H,2-6,9,12,15-17,20H2,1H3,(H,33,34)/t21-,23+/m1/s1. The highest BCUT2D eigenvalue weighted by atomic mass is 32.2. The first-order valence-corrected chi connectivity index (χ1v) is 13.9. The molecule has 1 fully saturated rings. The smallest absolute Gasteiger partial charge is 0.303 e. The molecule has 0 saturated carbocycles.